The van der Waals surface area contributed by atoms with Crippen LogP contribution >= 0.6 is 0 Å². The molecule has 0 unspecified atom stereocenters. The number of fused-ring (bicyclic) bond motifs is 5. The minimum atomic E-state index is 1.24. The third-order valence-electron chi connectivity index (χ3n) is 9.22. The molecule has 9 aromatic rings. The molecule has 0 fully saturated rings. The molecule has 0 heteroatoms. The summed E-state index contributed by atoms with van der Waals surface area (Å²) in [7, 11) is 0. The average molecular weight is 557 g/mol. The molecule has 0 nitrogen and oxygen atoms in total. The van der Waals surface area contributed by atoms with Gasteiger partial charge in [0, 0.05) is 0 Å². The van der Waals surface area contributed by atoms with Gasteiger partial charge in [0.05, 0.1) is 0 Å². The van der Waals surface area contributed by atoms with Gasteiger partial charge >= 0.3 is 0 Å². The van der Waals surface area contributed by atoms with E-state index in [2.05, 4.69) is 170 Å². The lowest BCUT2D eigenvalue weighted by Crippen LogP contribution is -1.92. The molecule has 0 atom stereocenters. The first-order valence-electron chi connectivity index (χ1n) is 15.3. The molecule has 0 spiro atoms. The number of hydrogen-bond donors (Lipinski definition) is 0. The van der Waals surface area contributed by atoms with Gasteiger partial charge in [-0.1, -0.05) is 158 Å². The van der Waals surface area contributed by atoms with Gasteiger partial charge in [0.25, 0.3) is 0 Å². The second-order valence-corrected chi connectivity index (χ2v) is 11.7. The largest absolute Gasteiger partial charge is 0.0616 e. The normalized spacial score (nSPS) is 11.6. The van der Waals surface area contributed by atoms with Crippen LogP contribution in [-0.4, -0.2) is 0 Å². The molecule has 0 aromatic heterocycles. The molecule has 44 heavy (non-hydrogen) atoms. The Labute approximate surface area is 256 Å². The molecule has 0 saturated carbocycles. The summed E-state index contributed by atoms with van der Waals surface area (Å²) in [6.45, 7) is 0. The SMILES string of the molecule is c1ccc2cc(-c3c4ccccc4c(-c4cccc5ccc(-c6cccc7ccccc67)cc45)c4ccccc34)ccc2c1. The van der Waals surface area contributed by atoms with Crippen LogP contribution in [0.25, 0.3) is 87.2 Å². The van der Waals surface area contributed by atoms with Crippen LogP contribution in [0.2, 0.25) is 0 Å². The summed E-state index contributed by atoms with van der Waals surface area (Å²) in [5, 5.41) is 12.7. The van der Waals surface area contributed by atoms with Crippen LogP contribution in [0.5, 0.6) is 0 Å². The molecule has 9 aromatic carbocycles. The minimum absolute atomic E-state index is 1.24. The topological polar surface area (TPSA) is 0 Å². The molecular formula is C44H28. The van der Waals surface area contributed by atoms with Crippen molar-refractivity contribution in [1.29, 1.82) is 0 Å². The highest BCUT2D eigenvalue weighted by Gasteiger charge is 2.18. The zero-order chi connectivity index (χ0) is 29.0. The van der Waals surface area contributed by atoms with Crippen molar-refractivity contribution in [2.45, 2.75) is 0 Å². The van der Waals surface area contributed by atoms with E-state index in [4.69, 9.17) is 0 Å². The summed E-state index contributed by atoms with van der Waals surface area (Å²) in [6, 6.07) is 62.4. The average Bonchev–Trinajstić information content (AvgIpc) is 3.09. The summed E-state index contributed by atoms with van der Waals surface area (Å²) in [4.78, 5) is 0. The minimum Gasteiger partial charge on any atom is -0.0616 e. The van der Waals surface area contributed by atoms with Crippen molar-refractivity contribution >= 4 is 53.9 Å². The van der Waals surface area contributed by atoms with E-state index in [9.17, 15) is 0 Å². The van der Waals surface area contributed by atoms with Crippen LogP contribution in [0.3, 0.4) is 0 Å². The quantitative estimate of drug-likeness (QED) is 0.190. The van der Waals surface area contributed by atoms with Gasteiger partial charge in [-0.3, -0.25) is 0 Å². The van der Waals surface area contributed by atoms with Gasteiger partial charge in [-0.05, 0) is 99.4 Å². The molecule has 0 aliphatic rings. The highest BCUT2D eigenvalue weighted by Crippen LogP contribution is 2.46. The fourth-order valence-electron chi connectivity index (χ4n) is 7.21. The Hall–Kier alpha value is -5.72. The van der Waals surface area contributed by atoms with E-state index in [0.29, 0.717) is 0 Å². The summed E-state index contributed by atoms with van der Waals surface area (Å²) in [5.41, 5.74) is 7.61. The summed E-state index contributed by atoms with van der Waals surface area (Å²) < 4.78 is 0. The van der Waals surface area contributed by atoms with Crippen molar-refractivity contribution in [1.82, 2.24) is 0 Å². The van der Waals surface area contributed by atoms with E-state index in [-0.39, 0.29) is 0 Å². The number of hydrogen-bond acceptors (Lipinski definition) is 0. The number of benzene rings is 9. The smallest absolute Gasteiger partial charge is 0.00201 e. The van der Waals surface area contributed by atoms with Gasteiger partial charge in [0.15, 0.2) is 0 Å². The Morgan fingerprint density at radius 1 is 0.227 bits per heavy atom. The molecule has 0 saturated heterocycles. The Bertz CT molecular complexity index is 2490. The van der Waals surface area contributed by atoms with Gasteiger partial charge in [-0.25, -0.2) is 0 Å². The molecule has 9 rings (SSSR count). The van der Waals surface area contributed by atoms with Crippen LogP contribution in [0.4, 0.5) is 0 Å². The maximum absolute atomic E-state index is 2.40. The molecule has 0 radical (unpaired) electrons. The van der Waals surface area contributed by atoms with Crippen LogP contribution < -0.4 is 0 Å². The molecule has 0 bridgehead atoms. The first-order chi connectivity index (χ1) is 21.8. The maximum atomic E-state index is 2.40. The first-order valence-corrected chi connectivity index (χ1v) is 15.3. The monoisotopic (exact) mass is 556 g/mol. The van der Waals surface area contributed by atoms with Gasteiger partial charge < -0.3 is 0 Å². The Morgan fingerprint density at radius 2 is 0.705 bits per heavy atom. The highest BCUT2D eigenvalue weighted by atomic mass is 14.2. The summed E-state index contributed by atoms with van der Waals surface area (Å²) in [5.74, 6) is 0. The molecule has 0 aliphatic heterocycles. The van der Waals surface area contributed by atoms with Crippen molar-refractivity contribution < 1.29 is 0 Å². The van der Waals surface area contributed by atoms with Crippen LogP contribution in [0.15, 0.2) is 170 Å². The highest BCUT2D eigenvalue weighted by molar-refractivity contribution is 6.24. The van der Waals surface area contributed by atoms with Gasteiger partial charge in [-0.2, -0.15) is 0 Å². The molecule has 0 aliphatic carbocycles. The lowest BCUT2D eigenvalue weighted by molar-refractivity contribution is 1.66. The molecular weight excluding hydrogens is 528 g/mol. The fourth-order valence-corrected chi connectivity index (χ4v) is 7.21. The van der Waals surface area contributed by atoms with Gasteiger partial charge in [0.2, 0.25) is 0 Å². The maximum Gasteiger partial charge on any atom is -0.00201 e. The predicted octanol–water partition coefficient (Wildman–Crippen LogP) is 12.5. The van der Waals surface area contributed by atoms with E-state index < -0.39 is 0 Å². The third kappa shape index (κ3) is 3.85. The lowest BCUT2D eigenvalue weighted by atomic mass is 9.84. The van der Waals surface area contributed by atoms with Gasteiger partial charge in [-0.15, -0.1) is 0 Å². The molecule has 0 heterocycles. The zero-order valence-electron chi connectivity index (χ0n) is 24.2. The van der Waals surface area contributed by atoms with Crippen molar-refractivity contribution in [2.75, 3.05) is 0 Å². The molecule has 0 amide bonds. The van der Waals surface area contributed by atoms with E-state index >= 15 is 0 Å². The second kappa shape index (κ2) is 9.93. The van der Waals surface area contributed by atoms with Crippen molar-refractivity contribution in [3.63, 3.8) is 0 Å². The Morgan fingerprint density at radius 3 is 1.41 bits per heavy atom. The Balaban J connectivity index is 1.36. The number of rotatable bonds is 3. The summed E-state index contributed by atoms with van der Waals surface area (Å²) in [6.07, 6.45) is 0. The summed E-state index contributed by atoms with van der Waals surface area (Å²) >= 11 is 0. The van der Waals surface area contributed by atoms with E-state index in [1.807, 2.05) is 0 Å². The standard InChI is InChI=1S/C44H28/c1-2-13-32-27-34(26-23-29(32)11-1)43-37-17-5-7-19-39(37)44(40-20-8-6-18-38(40)43)41-22-10-15-31-24-25-33(28-42(31)41)36-21-9-14-30-12-3-4-16-35(30)36/h1-28H. The zero-order valence-corrected chi connectivity index (χ0v) is 24.2. The van der Waals surface area contributed by atoms with E-state index in [1.165, 1.54) is 87.2 Å². The predicted molar refractivity (Wildman–Crippen MR) is 190 cm³/mol. The van der Waals surface area contributed by atoms with Crippen LogP contribution in [-0.2, 0) is 0 Å². The Kier molecular flexibility index (Phi) is 5.61. The first kappa shape index (κ1) is 24.8. The second-order valence-electron chi connectivity index (χ2n) is 11.7. The van der Waals surface area contributed by atoms with Crippen LogP contribution in [0.1, 0.15) is 0 Å². The van der Waals surface area contributed by atoms with Gasteiger partial charge in [0.1, 0.15) is 0 Å². The lowest BCUT2D eigenvalue weighted by Gasteiger charge is -2.19. The fraction of sp³-hybridized carbons (Fsp3) is 0. The van der Waals surface area contributed by atoms with E-state index in [0.717, 1.165) is 0 Å². The molecule has 204 valence electrons. The third-order valence-corrected chi connectivity index (χ3v) is 9.22. The van der Waals surface area contributed by atoms with Crippen molar-refractivity contribution in [2.24, 2.45) is 0 Å². The van der Waals surface area contributed by atoms with Crippen LogP contribution in [0, 0.1) is 0 Å². The van der Waals surface area contributed by atoms with Crippen molar-refractivity contribution in [3.8, 4) is 33.4 Å². The van der Waals surface area contributed by atoms with E-state index in [1.54, 1.807) is 0 Å². The van der Waals surface area contributed by atoms with Crippen molar-refractivity contribution in [3.05, 3.63) is 170 Å². The molecule has 0 N–H and O–H groups in total.